The van der Waals surface area contributed by atoms with Crippen LogP contribution in [-0.4, -0.2) is 17.4 Å². The lowest BCUT2D eigenvalue weighted by Gasteiger charge is -2.25. The molecule has 3 rings (SSSR count). The van der Waals surface area contributed by atoms with Gasteiger partial charge in [0.1, 0.15) is 5.15 Å². The van der Waals surface area contributed by atoms with Gasteiger partial charge < -0.3 is 5.32 Å². The Hall–Kier alpha value is -1.09. The first-order chi connectivity index (χ1) is 8.74. The maximum atomic E-state index is 12.2. The maximum absolute atomic E-state index is 12.2. The van der Waals surface area contributed by atoms with E-state index in [-0.39, 0.29) is 5.91 Å². The standard InChI is InChI=1S/C14H17ClN2O/c15-13-6-11(10-4-5-10)12(8-16-13)14(18)17-7-9-2-1-3-9/h6,8-10H,1-5,7H2,(H,17,18). The third kappa shape index (κ3) is 2.51. The Morgan fingerprint density at radius 3 is 2.78 bits per heavy atom. The van der Waals surface area contributed by atoms with Gasteiger partial charge in [0.15, 0.2) is 0 Å². The highest BCUT2D eigenvalue weighted by molar-refractivity contribution is 6.29. The Morgan fingerprint density at radius 2 is 2.17 bits per heavy atom. The molecule has 1 heterocycles. The zero-order valence-electron chi connectivity index (χ0n) is 10.3. The first-order valence-corrected chi connectivity index (χ1v) is 7.05. The van der Waals surface area contributed by atoms with Crippen LogP contribution in [0.2, 0.25) is 5.15 Å². The summed E-state index contributed by atoms with van der Waals surface area (Å²) in [5, 5.41) is 3.50. The normalized spacial score (nSPS) is 19.4. The molecule has 0 radical (unpaired) electrons. The fraction of sp³-hybridized carbons (Fsp3) is 0.571. The van der Waals surface area contributed by atoms with Gasteiger partial charge in [0.2, 0.25) is 0 Å². The largest absolute Gasteiger partial charge is 0.352 e. The van der Waals surface area contributed by atoms with Crippen LogP contribution in [0.5, 0.6) is 0 Å². The molecule has 0 aromatic carbocycles. The molecule has 0 spiro atoms. The van der Waals surface area contributed by atoms with Gasteiger partial charge in [-0.1, -0.05) is 18.0 Å². The Morgan fingerprint density at radius 1 is 1.39 bits per heavy atom. The van der Waals surface area contributed by atoms with Crippen LogP contribution >= 0.6 is 11.6 Å². The summed E-state index contributed by atoms with van der Waals surface area (Å²) in [6.07, 6.45) is 7.72. The lowest BCUT2D eigenvalue weighted by atomic mass is 9.85. The second-order valence-corrected chi connectivity index (χ2v) is 5.76. The third-order valence-corrected chi connectivity index (χ3v) is 4.15. The summed E-state index contributed by atoms with van der Waals surface area (Å²) in [6.45, 7) is 0.797. The molecular formula is C14H17ClN2O. The van der Waals surface area contributed by atoms with E-state index in [1.54, 1.807) is 6.20 Å². The lowest BCUT2D eigenvalue weighted by molar-refractivity contribution is 0.0937. The highest BCUT2D eigenvalue weighted by atomic mass is 35.5. The SMILES string of the molecule is O=C(NCC1CCC1)c1cnc(Cl)cc1C1CC1. The highest BCUT2D eigenvalue weighted by Crippen LogP contribution is 2.42. The number of nitrogens with zero attached hydrogens (tertiary/aromatic N) is 1. The summed E-state index contributed by atoms with van der Waals surface area (Å²) < 4.78 is 0. The number of hydrogen-bond acceptors (Lipinski definition) is 2. The quantitative estimate of drug-likeness (QED) is 0.849. The van der Waals surface area contributed by atoms with E-state index < -0.39 is 0 Å². The summed E-state index contributed by atoms with van der Waals surface area (Å²) >= 11 is 5.91. The van der Waals surface area contributed by atoms with E-state index in [0.717, 1.165) is 24.9 Å². The van der Waals surface area contributed by atoms with Crippen LogP contribution in [0, 0.1) is 5.92 Å². The van der Waals surface area contributed by atoms with E-state index in [9.17, 15) is 4.79 Å². The van der Waals surface area contributed by atoms with Crippen molar-refractivity contribution in [3.8, 4) is 0 Å². The third-order valence-electron chi connectivity index (χ3n) is 3.94. The van der Waals surface area contributed by atoms with Crippen LogP contribution in [0.1, 0.15) is 53.9 Å². The van der Waals surface area contributed by atoms with Crippen molar-refractivity contribution in [1.82, 2.24) is 10.3 Å². The number of halogens is 1. The van der Waals surface area contributed by atoms with Crippen molar-refractivity contribution >= 4 is 17.5 Å². The van der Waals surface area contributed by atoms with E-state index in [0.29, 0.717) is 22.6 Å². The molecule has 1 aromatic heterocycles. The summed E-state index contributed by atoms with van der Waals surface area (Å²) in [4.78, 5) is 16.2. The molecule has 0 aliphatic heterocycles. The second kappa shape index (κ2) is 4.88. The molecule has 0 saturated heterocycles. The molecule has 1 amide bonds. The van der Waals surface area contributed by atoms with E-state index >= 15 is 0 Å². The van der Waals surface area contributed by atoms with Crippen molar-refractivity contribution < 1.29 is 4.79 Å². The minimum atomic E-state index is 0.00738. The Labute approximate surface area is 112 Å². The highest BCUT2D eigenvalue weighted by Gasteiger charge is 2.29. The Bertz CT molecular complexity index is 467. The number of amides is 1. The monoisotopic (exact) mass is 264 g/mol. The smallest absolute Gasteiger partial charge is 0.253 e. The van der Waals surface area contributed by atoms with Crippen molar-refractivity contribution in [2.45, 2.75) is 38.0 Å². The molecule has 96 valence electrons. The molecule has 2 aliphatic carbocycles. The van der Waals surface area contributed by atoms with Crippen LogP contribution in [-0.2, 0) is 0 Å². The molecule has 0 bridgehead atoms. The molecule has 3 nitrogen and oxygen atoms in total. The van der Waals surface area contributed by atoms with Gasteiger partial charge in [0.05, 0.1) is 5.56 Å². The first-order valence-electron chi connectivity index (χ1n) is 6.67. The van der Waals surface area contributed by atoms with Gasteiger partial charge in [0, 0.05) is 12.7 Å². The second-order valence-electron chi connectivity index (χ2n) is 5.38. The first kappa shape index (κ1) is 12.0. The average molecular weight is 265 g/mol. The predicted octanol–water partition coefficient (Wildman–Crippen LogP) is 3.14. The van der Waals surface area contributed by atoms with Gasteiger partial charge in [-0.25, -0.2) is 4.98 Å². The molecule has 2 fully saturated rings. The van der Waals surface area contributed by atoms with E-state index in [4.69, 9.17) is 11.6 Å². The zero-order chi connectivity index (χ0) is 12.5. The lowest BCUT2D eigenvalue weighted by Crippen LogP contribution is -2.32. The maximum Gasteiger partial charge on any atom is 0.253 e. The van der Waals surface area contributed by atoms with E-state index in [1.165, 1.54) is 19.3 Å². The van der Waals surface area contributed by atoms with Crippen LogP contribution in [0.4, 0.5) is 0 Å². The van der Waals surface area contributed by atoms with Crippen molar-refractivity contribution in [2.75, 3.05) is 6.54 Å². The minimum absolute atomic E-state index is 0.00738. The Kier molecular flexibility index (Phi) is 3.25. The minimum Gasteiger partial charge on any atom is -0.352 e. The summed E-state index contributed by atoms with van der Waals surface area (Å²) in [7, 11) is 0. The number of nitrogens with one attached hydrogen (secondary N) is 1. The molecule has 4 heteroatoms. The summed E-state index contributed by atoms with van der Waals surface area (Å²) in [5.74, 6) is 1.20. The molecule has 0 unspecified atom stereocenters. The summed E-state index contributed by atoms with van der Waals surface area (Å²) in [5.41, 5.74) is 1.78. The number of aromatic nitrogens is 1. The fourth-order valence-corrected chi connectivity index (χ4v) is 2.56. The number of carbonyl (C=O) groups excluding carboxylic acids is 1. The van der Waals surface area contributed by atoms with Gasteiger partial charge >= 0.3 is 0 Å². The van der Waals surface area contributed by atoms with Crippen molar-refractivity contribution in [3.05, 3.63) is 28.5 Å². The van der Waals surface area contributed by atoms with Crippen LogP contribution in [0.25, 0.3) is 0 Å². The summed E-state index contributed by atoms with van der Waals surface area (Å²) in [6, 6.07) is 1.84. The van der Waals surface area contributed by atoms with Crippen molar-refractivity contribution in [1.29, 1.82) is 0 Å². The number of pyridine rings is 1. The Balaban J connectivity index is 1.71. The van der Waals surface area contributed by atoms with E-state index in [2.05, 4.69) is 10.3 Å². The van der Waals surface area contributed by atoms with Crippen LogP contribution < -0.4 is 5.32 Å². The van der Waals surface area contributed by atoms with Gasteiger partial charge in [-0.15, -0.1) is 0 Å². The average Bonchev–Trinajstić information content (AvgIpc) is 3.10. The molecule has 18 heavy (non-hydrogen) atoms. The molecular weight excluding hydrogens is 248 g/mol. The van der Waals surface area contributed by atoms with Gasteiger partial charge in [-0.05, 0) is 49.1 Å². The van der Waals surface area contributed by atoms with E-state index in [1.807, 2.05) is 6.07 Å². The fourth-order valence-electron chi connectivity index (χ4n) is 2.40. The molecule has 0 atom stereocenters. The molecule has 1 aromatic rings. The van der Waals surface area contributed by atoms with Crippen LogP contribution in [0.3, 0.4) is 0 Å². The number of rotatable bonds is 4. The van der Waals surface area contributed by atoms with Crippen molar-refractivity contribution in [3.63, 3.8) is 0 Å². The molecule has 1 N–H and O–H groups in total. The van der Waals surface area contributed by atoms with Gasteiger partial charge in [0.25, 0.3) is 5.91 Å². The van der Waals surface area contributed by atoms with Crippen molar-refractivity contribution in [2.24, 2.45) is 5.92 Å². The zero-order valence-corrected chi connectivity index (χ0v) is 11.0. The van der Waals surface area contributed by atoms with Gasteiger partial charge in [-0.2, -0.15) is 0 Å². The molecule has 2 aliphatic rings. The topological polar surface area (TPSA) is 42.0 Å². The van der Waals surface area contributed by atoms with Gasteiger partial charge in [-0.3, -0.25) is 4.79 Å². The number of hydrogen-bond donors (Lipinski definition) is 1. The molecule has 2 saturated carbocycles. The predicted molar refractivity (Wildman–Crippen MR) is 70.9 cm³/mol. The number of carbonyl (C=O) groups is 1. The van der Waals surface area contributed by atoms with Crippen LogP contribution in [0.15, 0.2) is 12.3 Å².